The van der Waals surface area contributed by atoms with E-state index in [4.69, 9.17) is 0 Å². The fourth-order valence-electron chi connectivity index (χ4n) is 1.73. The minimum Gasteiger partial charge on any atom is -0.504 e. The Morgan fingerprint density at radius 2 is 2.11 bits per heavy atom. The van der Waals surface area contributed by atoms with Gasteiger partial charge in [0.25, 0.3) is 0 Å². The van der Waals surface area contributed by atoms with Crippen LogP contribution in [0, 0.1) is 0 Å². The molecule has 1 heterocycles. The van der Waals surface area contributed by atoms with Crippen molar-refractivity contribution in [2.75, 3.05) is 0 Å². The first-order valence-corrected chi connectivity index (χ1v) is 5.66. The molecule has 0 saturated heterocycles. The molecule has 1 unspecified atom stereocenters. The van der Waals surface area contributed by atoms with Crippen LogP contribution in [0.3, 0.4) is 0 Å². The number of rotatable bonds is 4. The molecule has 18 heavy (non-hydrogen) atoms. The molecule has 1 atom stereocenters. The number of nitrogens with zero attached hydrogens (tertiary/aromatic N) is 3. The highest BCUT2D eigenvalue weighted by atomic mass is 16.3. The van der Waals surface area contributed by atoms with E-state index in [9.17, 15) is 10.2 Å². The second kappa shape index (κ2) is 5.05. The van der Waals surface area contributed by atoms with Gasteiger partial charge in [0.1, 0.15) is 12.2 Å². The van der Waals surface area contributed by atoms with Crippen molar-refractivity contribution in [2.24, 2.45) is 7.05 Å². The molecular weight excluding hydrogens is 232 g/mol. The molecule has 0 radical (unpaired) electrons. The van der Waals surface area contributed by atoms with Crippen LogP contribution in [0.1, 0.15) is 24.4 Å². The number of aromatic hydroxyl groups is 2. The van der Waals surface area contributed by atoms with E-state index in [0.29, 0.717) is 6.54 Å². The second-order valence-electron chi connectivity index (χ2n) is 4.23. The first kappa shape index (κ1) is 12.4. The monoisotopic (exact) mass is 248 g/mol. The van der Waals surface area contributed by atoms with Crippen LogP contribution in [0.4, 0.5) is 0 Å². The van der Waals surface area contributed by atoms with Crippen LogP contribution in [0.5, 0.6) is 11.5 Å². The Morgan fingerprint density at radius 1 is 1.33 bits per heavy atom. The number of phenols is 2. The van der Waals surface area contributed by atoms with E-state index < -0.39 is 0 Å². The first-order valence-electron chi connectivity index (χ1n) is 5.66. The van der Waals surface area contributed by atoms with Crippen LogP contribution in [0.2, 0.25) is 0 Å². The smallest absolute Gasteiger partial charge is 0.157 e. The zero-order chi connectivity index (χ0) is 13.1. The number of aryl methyl sites for hydroxylation is 1. The van der Waals surface area contributed by atoms with Gasteiger partial charge in [-0.2, -0.15) is 0 Å². The summed E-state index contributed by atoms with van der Waals surface area (Å²) in [6.45, 7) is 2.56. The van der Waals surface area contributed by atoms with Crippen molar-refractivity contribution in [3.05, 3.63) is 35.9 Å². The summed E-state index contributed by atoms with van der Waals surface area (Å²) in [7, 11) is 1.89. The molecule has 0 saturated carbocycles. The summed E-state index contributed by atoms with van der Waals surface area (Å²) in [5.74, 6) is 0.624. The molecule has 6 heteroatoms. The highest BCUT2D eigenvalue weighted by Crippen LogP contribution is 2.25. The average molecular weight is 248 g/mol. The van der Waals surface area contributed by atoms with Crippen molar-refractivity contribution in [1.29, 1.82) is 0 Å². The van der Waals surface area contributed by atoms with Crippen molar-refractivity contribution in [3.63, 3.8) is 0 Å². The average Bonchev–Trinajstić information content (AvgIpc) is 2.77. The van der Waals surface area contributed by atoms with E-state index in [-0.39, 0.29) is 17.5 Å². The lowest BCUT2D eigenvalue weighted by Gasteiger charge is -2.13. The molecule has 6 nitrogen and oxygen atoms in total. The third kappa shape index (κ3) is 2.60. The van der Waals surface area contributed by atoms with Crippen molar-refractivity contribution in [1.82, 2.24) is 20.1 Å². The molecule has 1 aromatic carbocycles. The number of hydrogen-bond donors (Lipinski definition) is 3. The molecule has 2 aromatic rings. The predicted molar refractivity (Wildman–Crippen MR) is 66.0 cm³/mol. The highest BCUT2D eigenvalue weighted by molar-refractivity contribution is 5.40. The molecule has 96 valence electrons. The summed E-state index contributed by atoms with van der Waals surface area (Å²) in [6.07, 6.45) is 1.65. The largest absolute Gasteiger partial charge is 0.504 e. The molecule has 0 amide bonds. The predicted octanol–water partition coefficient (Wildman–Crippen LogP) is 1.08. The van der Waals surface area contributed by atoms with E-state index in [1.807, 2.05) is 18.5 Å². The van der Waals surface area contributed by atoms with Crippen LogP contribution in [0.15, 0.2) is 24.5 Å². The van der Waals surface area contributed by atoms with Crippen LogP contribution in [-0.4, -0.2) is 25.0 Å². The maximum atomic E-state index is 9.39. The van der Waals surface area contributed by atoms with Crippen molar-refractivity contribution < 1.29 is 10.2 Å². The van der Waals surface area contributed by atoms with Crippen molar-refractivity contribution in [3.8, 4) is 11.5 Å². The van der Waals surface area contributed by atoms with Gasteiger partial charge in [-0.1, -0.05) is 6.07 Å². The second-order valence-corrected chi connectivity index (χ2v) is 4.23. The highest BCUT2D eigenvalue weighted by Gasteiger charge is 2.10. The zero-order valence-corrected chi connectivity index (χ0v) is 10.3. The van der Waals surface area contributed by atoms with Crippen LogP contribution in [-0.2, 0) is 13.6 Å². The van der Waals surface area contributed by atoms with Gasteiger partial charge in [0.15, 0.2) is 11.5 Å². The standard InChI is InChI=1S/C12H16N4O2/c1-8(12-15-14-7-16(12)2)13-6-9-3-4-10(17)11(18)5-9/h3-5,7-8,13,17-18H,6H2,1-2H3. The Bertz CT molecular complexity index is 539. The van der Waals surface area contributed by atoms with E-state index >= 15 is 0 Å². The molecule has 0 fully saturated rings. The third-order valence-electron chi connectivity index (χ3n) is 2.79. The molecule has 0 aliphatic carbocycles. The molecular formula is C12H16N4O2. The lowest BCUT2D eigenvalue weighted by atomic mass is 10.2. The van der Waals surface area contributed by atoms with Gasteiger partial charge < -0.3 is 20.1 Å². The normalized spacial score (nSPS) is 12.6. The molecule has 0 aliphatic heterocycles. The Kier molecular flexibility index (Phi) is 3.47. The van der Waals surface area contributed by atoms with Crippen molar-refractivity contribution in [2.45, 2.75) is 19.5 Å². The van der Waals surface area contributed by atoms with E-state index in [1.165, 1.54) is 12.1 Å². The summed E-state index contributed by atoms with van der Waals surface area (Å²) in [5, 5.41) is 29.7. The summed E-state index contributed by atoms with van der Waals surface area (Å²) in [5.41, 5.74) is 0.888. The number of phenolic OH excluding ortho intramolecular Hbond substituents is 2. The van der Waals surface area contributed by atoms with Gasteiger partial charge in [0, 0.05) is 13.6 Å². The SMILES string of the molecule is CC(NCc1ccc(O)c(O)c1)c1nncn1C. The quantitative estimate of drug-likeness (QED) is 0.705. The Labute approximate surface area is 105 Å². The van der Waals surface area contributed by atoms with E-state index in [0.717, 1.165) is 11.4 Å². The van der Waals surface area contributed by atoms with Gasteiger partial charge in [0.2, 0.25) is 0 Å². The lowest BCUT2D eigenvalue weighted by molar-refractivity contribution is 0.402. The molecule has 3 N–H and O–H groups in total. The van der Waals surface area contributed by atoms with Gasteiger partial charge in [-0.15, -0.1) is 10.2 Å². The topological polar surface area (TPSA) is 83.2 Å². The lowest BCUT2D eigenvalue weighted by Crippen LogP contribution is -2.21. The maximum absolute atomic E-state index is 9.39. The molecule has 1 aromatic heterocycles. The van der Waals surface area contributed by atoms with Gasteiger partial charge in [-0.05, 0) is 24.6 Å². The fraction of sp³-hybridized carbons (Fsp3) is 0.333. The minimum absolute atomic E-state index is 0.0495. The zero-order valence-electron chi connectivity index (χ0n) is 10.3. The number of aromatic nitrogens is 3. The van der Waals surface area contributed by atoms with Crippen LogP contribution >= 0.6 is 0 Å². The van der Waals surface area contributed by atoms with Gasteiger partial charge in [0.05, 0.1) is 6.04 Å². The van der Waals surface area contributed by atoms with Gasteiger partial charge in [-0.25, -0.2) is 0 Å². The van der Waals surface area contributed by atoms with Crippen LogP contribution < -0.4 is 5.32 Å². The Morgan fingerprint density at radius 3 is 2.72 bits per heavy atom. The summed E-state index contributed by atoms with van der Waals surface area (Å²) < 4.78 is 1.85. The Balaban J connectivity index is 1.99. The number of nitrogens with one attached hydrogen (secondary N) is 1. The molecule has 0 spiro atoms. The number of benzene rings is 1. The van der Waals surface area contributed by atoms with Crippen LogP contribution in [0.25, 0.3) is 0 Å². The van der Waals surface area contributed by atoms with Gasteiger partial charge >= 0.3 is 0 Å². The fourth-order valence-corrected chi connectivity index (χ4v) is 1.73. The third-order valence-corrected chi connectivity index (χ3v) is 2.79. The van der Waals surface area contributed by atoms with Crippen molar-refractivity contribution >= 4 is 0 Å². The summed E-state index contributed by atoms with van der Waals surface area (Å²) in [4.78, 5) is 0. The number of hydrogen-bond acceptors (Lipinski definition) is 5. The molecule has 2 rings (SSSR count). The molecule has 0 bridgehead atoms. The maximum Gasteiger partial charge on any atom is 0.157 e. The first-order chi connectivity index (χ1) is 8.58. The summed E-state index contributed by atoms with van der Waals surface area (Å²) >= 11 is 0. The summed E-state index contributed by atoms with van der Waals surface area (Å²) in [6, 6.07) is 4.81. The van der Waals surface area contributed by atoms with E-state index in [1.54, 1.807) is 12.4 Å². The molecule has 0 aliphatic rings. The Hall–Kier alpha value is -2.08. The minimum atomic E-state index is -0.111. The van der Waals surface area contributed by atoms with Gasteiger partial charge in [-0.3, -0.25) is 0 Å². The van der Waals surface area contributed by atoms with E-state index in [2.05, 4.69) is 15.5 Å².